The van der Waals surface area contributed by atoms with Crippen LogP contribution in [0.4, 0.5) is 9.52 Å². The normalized spacial score (nSPS) is 26.4. The molecule has 6 atom stereocenters. The van der Waals surface area contributed by atoms with Crippen LogP contribution in [0.2, 0.25) is 10.0 Å². The molecule has 3 aromatic heterocycles. The number of hydrogen-bond donors (Lipinski definition) is 1. The fourth-order valence-electron chi connectivity index (χ4n) is 9.95. The molecule has 1 amide bonds. The second-order valence-electron chi connectivity index (χ2n) is 15.6. The van der Waals surface area contributed by atoms with Gasteiger partial charge in [-0.15, -0.1) is 11.3 Å². The minimum absolute atomic E-state index is 0.0922. The highest BCUT2D eigenvalue weighted by Crippen LogP contribution is 2.54. The molecule has 4 bridgehead atoms. The highest BCUT2D eigenvalue weighted by atomic mass is 35.5. The van der Waals surface area contributed by atoms with Crippen LogP contribution in [-0.2, 0) is 11.2 Å². The number of carbonyl (C=O) groups excluding carboxylic acids is 1. The molecule has 266 valence electrons. The minimum Gasteiger partial charge on any atom is -0.346 e. The van der Waals surface area contributed by atoms with Crippen molar-refractivity contribution in [1.29, 1.82) is 5.26 Å². The number of likely N-dealkylation sites (tertiary alicyclic amines) is 1. The van der Waals surface area contributed by atoms with E-state index in [0.29, 0.717) is 40.1 Å². The lowest BCUT2D eigenvalue weighted by atomic mass is 9.79. The van der Waals surface area contributed by atoms with Crippen molar-refractivity contribution in [3.63, 3.8) is 0 Å². The molecule has 2 aliphatic carbocycles. The van der Waals surface area contributed by atoms with Crippen molar-refractivity contribution < 1.29 is 9.18 Å². The maximum atomic E-state index is 17.3. The predicted molar refractivity (Wildman–Crippen MR) is 204 cm³/mol. The largest absolute Gasteiger partial charge is 0.346 e. The summed E-state index contributed by atoms with van der Waals surface area (Å²) in [4.78, 5) is 29.9. The zero-order valence-electron chi connectivity index (χ0n) is 29.0. The Labute approximate surface area is 315 Å². The summed E-state index contributed by atoms with van der Waals surface area (Å²) in [6.07, 6.45) is 6.47. The lowest BCUT2D eigenvalue weighted by molar-refractivity contribution is -0.135. The number of aromatic nitrogens is 3. The van der Waals surface area contributed by atoms with Crippen LogP contribution in [0.25, 0.3) is 32.9 Å². The molecule has 4 saturated heterocycles. The smallest absolute Gasteiger partial charge is 0.226 e. The number of benzene rings is 2. The van der Waals surface area contributed by atoms with Crippen LogP contribution in [0.5, 0.6) is 0 Å². The van der Waals surface area contributed by atoms with Gasteiger partial charge in [0.15, 0.2) is 10.9 Å². The van der Waals surface area contributed by atoms with Crippen LogP contribution in [0.1, 0.15) is 66.0 Å². The number of thiazole rings is 1. The second kappa shape index (κ2) is 12.1. The number of fused-ring (bicyclic) bond motifs is 6. The number of halogens is 3. The molecule has 6 aliphatic rings. The van der Waals surface area contributed by atoms with Crippen molar-refractivity contribution in [3.8, 4) is 17.2 Å². The van der Waals surface area contributed by atoms with E-state index in [1.165, 1.54) is 4.88 Å². The van der Waals surface area contributed by atoms with Gasteiger partial charge in [0.25, 0.3) is 0 Å². The molecule has 4 aliphatic heterocycles. The van der Waals surface area contributed by atoms with E-state index in [1.807, 2.05) is 19.2 Å². The summed E-state index contributed by atoms with van der Waals surface area (Å²) in [5.74, 6) is 0.570. The lowest BCUT2D eigenvalue weighted by Gasteiger charge is -2.40. The van der Waals surface area contributed by atoms with Gasteiger partial charge in [-0.2, -0.15) is 5.26 Å². The van der Waals surface area contributed by atoms with Crippen molar-refractivity contribution >= 4 is 67.4 Å². The first-order valence-electron chi connectivity index (χ1n) is 18.4. The van der Waals surface area contributed by atoms with E-state index in [9.17, 15) is 10.1 Å². The third-order valence-electron chi connectivity index (χ3n) is 12.4. The molecule has 5 aromatic rings. The summed E-state index contributed by atoms with van der Waals surface area (Å²) < 4.78 is 19.8. The zero-order valence-corrected chi connectivity index (χ0v) is 31.3. The number of piperidine rings is 1. The highest BCUT2D eigenvalue weighted by molar-refractivity contribution is 7.15. The van der Waals surface area contributed by atoms with Gasteiger partial charge in [-0.1, -0.05) is 35.3 Å². The van der Waals surface area contributed by atoms with Gasteiger partial charge in [0.1, 0.15) is 5.52 Å². The average Bonchev–Trinajstić information content (AvgIpc) is 3.47. The Hall–Kier alpha value is -3.75. The number of hydrogen-bond acceptors (Lipinski definition) is 7. The van der Waals surface area contributed by atoms with Crippen LogP contribution in [0.15, 0.2) is 36.5 Å². The number of nitrogens with one attached hydrogen (secondary N) is 1. The monoisotopic (exact) mass is 753 g/mol. The Morgan fingerprint density at radius 1 is 1.13 bits per heavy atom. The van der Waals surface area contributed by atoms with Gasteiger partial charge in [-0.05, 0) is 75.6 Å². The SMILES string of the molecule is Cc1cnc(N2C[C@@H]3C[C@H](C2)N(C(=O)C2CC2)[C@H]3c2cc3c(C)nc4c(F)c(-c5cccc(Cl)c5Cl)c(CCC#N)cc4c3n2[C@H]2[C@H]3CN[C@@H]2C3)s1. The Balaban J connectivity index is 1.22. The number of amides is 1. The van der Waals surface area contributed by atoms with Crippen LogP contribution in [0.3, 0.4) is 0 Å². The molecule has 8 nitrogen and oxygen atoms in total. The van der Waals surface area contributed by atoms with Crippen LogP contribution < -0.4 is 10.2 Å². The maximum absolute atomic E-state index is 17.3. The molecule has 7 heterocycles. The fraction of sp³-hybridized carbons (Fsp3) is 0.450. The Kier molecular flexibility index (Phi) is 7.67. The summed E-state index contributed by atoms with van der Waals surface area (Å²) in [6.45, 7) is 6.60. The number of nitrogens with zero attached hydrogens (tertiary/aromatic N) is 6. The van der Waals surface area contributed by atoms with Gasteiger partial charge >= 0.3 is 0 Å². The maximum Gasteiger partial charge on any atom is 0.226 e. The molecule has 0 unspecified atom stereocenters. The van der Waals surface area contributed by atoms with E-state index >= 15 is 4.39 Å². The first kappa shape index (κ1) is 32.9. The Bertz CT molecular complexity index is 2350. The number of carbonyl (C=O) groups is 1. The van der Waals surface area contributed by atoms with Gasteiger partial charge in [-0.25, -0.2) is 14.4 Å². The average molecular weight is 755 g/mol. The number of pyridine rings is 1. The quantitative estimate of drug-likeness (QED) is 0.179. The molecule has 2 saturated carbocycles. The van der Waals surface area contributed by atoms with E-state index in [1.54, 1.807) is 29.5 Å². The highest BCUT2D eigenvalue weighted by Gasteiger charge is 2.55. The second-order valence-corrected chi connectivity index (χ2v) is 17.6. The van der Waals surface area contributed by atoms with E-state index < -0.39 is 5.82 Å². The first-order valence-corrected chi connectivity index (χ1v) is 20.0. The molecule has 11 rings (SSSR count). The van der Waals surface area contributed by atoms with E-state index in [4.69, 9.17) is 33.2 Å². The number of rotatable bonds is 7. The molecule has 52 heavy (non-hydrogen) atoms. The number of nitriles is 1. The van der Waals surface area contributed by atoms with Crippen molar-refractivity contribution in [3.05, 3.63) is 74.2 Å². The van der Waals surface area contributed by atoms with Gasteiger partial charge in [0, 0.05) is 88.3 Å². The van der Waals surface area contributed by atoms with Crippen molar-refractivity contribution in [2.45, 2.75) is 76.5 Å². The molecule has 0 radical (unpaired) electrons. The molecule has 1 N–H and O–H groups in total. The van der Waals surface area contributed by atoms with Crippen molar-refractivity contribution in [2.75, 3.05) is 24.5 Å². The van der Waals surface area contributed by atoms with Crippen LogP contribution in [-0.4, -0.2) is 57.1 Å². The summed E-state index contributed by atoms with van der Waals surface area (Å²) in [6, 6.07) is 12.3. The third kappa shape index (κ3) is 4.88. The Morgan fingerprint density at radius 2 is 1.98 bits per heavy atom. The molecular weight excluding hydrogens is 716 g/mol. The molecular formula is C40H38Cl2FN7OS. The van der Waals surface area contributed by atoms with Crippen molar-refractivity contribution in [1.82, 2.24) is 24.8 Å². The lowest BCUT2D eigenvalue weighted by Crippen LogP contribution is -2.45. The topological polar surface area (TPSA) is 90.1 Å². The van der Waals surface area contributed by atoms with Gasteiger partial charge in [0.2, 0.25) is 5.91 Å². The van der Waals surface area contributed by atoms with E-state index in [2.05, 4.69) is 38.7 Å². The van der Waals surface area contributed by atoms with E-state index in [-0.39, 0.29) is 52.8 Å². The van der Waals surface area contributed by atoms with E-state index in [0.717, 1.165) is 78.1 Å². The Morgan fingerprint density at radius 3 is 2.69 bits per heavy atom. The van der Waals surface area contributed by atoms with Gasteiger partial charge in [-0.3, -0.25) is 4.79 Å². The van der Waals surface area contributed by atoms with Gasteiger partial charge < -0.3 is 19.7 Å². The summed E-state index contributed by atoms with van der Waals surface area (Å²) in [5.41, 5.74) is 4.66. The minimum atomic E-state index is -0.458. The summed E-state index contributed by atoms with van der Waals surface area (Å²) in [7, 11) is 0. The fourth-order valence-corrected chi connectivity index (χ4v) is 11.1. The summed E-state index contributed by atoms with van der Waals surface area (Å²) in [5, 5.41) is 16.7. The molecule has 12 heteroatoms. The van der Waals surface area contributed by atoms with Crippen LogP contribution in [0, 0.1) is 48.7 Å². The zero-order chi connectivity index (χ0) is 35.6. The van der Waals surface area contributed by atoms with Gasteiger partial charge in [0.05, 0.1) is 39.8 Å². The number of aryl methyl sites for hydroxylation is 3. The summed E-state index contributed by atoms with van der Waals surface area (Å²) >= 11 is 14.9. The number of anilines is 1. The molecule has 6 fully saturated rings. The van der Waals surface area contributed by atoms with Crippen LogP contribution >= 0.6 is 34.5 Å². The first-order chi connectivity index (χ1) is 25.2. The van der Waals surface area contributed by atoms with Crippen molar-refractivity contribution in [2.24, 2.45) is 17.8 Å². The molecule has 2 aromatic carbocycles. The third-order valence-corrected chi connectivity index (χ3v) is 14.2. The molecule has 0 spiro atoms. The predicted octanol–water partition coefficient (Wildman–Crippen LogP) is 8.55. The standard InChI is InChI=1S/C40H38Cl2FN7OS/c1-19-15-46-40(52-19)48-17-24-11-25(18-48)49(39(51)21-8-9-21)37(24)31-14-27-20(2)47-35-28(38(27)50(31)36-23-13-30(36)45-16-23)12-22(5-4-10-44)32(34(35)43)26-6-3-7-29(41)33(26)42/h3,6-7,12,14-15,21,23-25,30,36-37,45H,4-5,8-9,11,13,16-18H2,1-2H3/t23-,24+,25-,30-,36+,37-/m1/s1.